The van der Waals surface area contributed by atoms with Gasteiger partial charge in [-0.3, -0.25) is 19.3 Å². The molecule has 2 saturated heterocycles. The van der Waals surface area contributed by atoms with E-state index >= 15 is 0 Å². The van der Waals surface area contributed by atoms with Crippen LogP contribution in [-0.4, -0.2) is 35.1 Å². The number of furan rings is 1. The van der Waals surface area contributed by atoms with Gasteiger partial charge in [0.2, 0.25) is 17.6 Å². The highest BCUT2D eigenvalue weighted by Crippen LogP contribution is 2.66. The maximum absolute atomic E-state index is 14.4. The minimum Gasteiger partial charge on any atom is -0.461 e. The van der Waals surface area contributed by atoms with Gasteiger partial charge >= 0.3 is 0 Å². The predicted molar refractivity (Wildman–Crippen MR) is 130 cm³/mol. The second-order valence-electron chi connectivity index (χ2n) is 9.81. The molecule has 4 aliphatic rings. The zero-order chi connectivity index (χ0) is 24.1. The second kappa shape index (κ2) is 6.83. The number of anilines is 2. The Hall–Kier alpha value is -3.42. The number of nitrogens with one attached hydrogen (secondary N) is 2. The number of halogens is 1. The average Bonchev–Trinajstić information content (AvgIpc) is 3.65. The van der Waals surface area contributed by atoms with Gasteiger partial charge in [0.1, 0.15) is 11.0 Å². The molecule has 5 heterocycles. The van der Waals surface area contributed by atoms with E-state index in [0.717, 1.165) is 17.5 Å². The third-order valence-electron chi connectivity index (χ3n) is 8.52. The predicted octanol–water partition coefficient (Wildman–Crippen LogP) is 4.26. The lowest BCUT2D eigenvalue weighted by atomic mass is 9.60. The molecule has 0 unspecified atom stereocenters. The van der Waals surface area contributed by atoms with Gasteiger partial charge in [0.05, 0.1) is 17.9 Å². The lowest BCUT2D eigenvalue weighted by molar-refractivity contribution is -0.128. The van der Waals surface area contributed by atoms with E-state index < -0.39 is 16.9 Å². The molecular formula is C27H22ClN3O4. The van der Waals surface area contributed by atoms with Gasteiger partial charge in [-0.05, 0) is 61.7 Å². The Labute approximate surface area is 206 Å². The van der Waals surface area contributed by atoms with Gasteiger partial charge < -0.3 is 15.1 Å². The van der Waals surface area contributed by atoms with Crippen LogP contribution in [0.1, 0.15) is 40.1 Å². The molecule has 1 aromatic heterocycles. The molecule has 7 nitrogen and oxygen atoms in total. The minimum absolute atomic E-state index is 0.138. The lowest BCUT2D eigenvalue weighted by Gasteiger charge is -2.37. The largest absolute Gasteiger partial charge is 0.461 e. The monoisotopic (exact) mass is 487 g/mol. The Kier molecular flexibility index (Phi) is 4.08. The van der Waals surface area contributed by atoms with Gasteiger partial charge in [-0.2, -0.15) is 0 Å². The summed E-state index contributed by atoms with van der Waals surface area (Å²) in [6.45, 7) is 2.45. The second-order valence-corrected chi connectivity index (χ2v) is 10.2. The Morgan fingerprint density at radius 3 is 2.69 bits per heavy atom. The maximum Gasteiger partial charge on any atom is 0.250 e. The first-order valence-corrected chi connectivity index (χ1v) is 12.2. The summed E-state index contributed by atoms with van der Waals surface area (Å²) in [7, 11) is 0. The van der Waals surface area contributed by atoms with Crippen LogP contribution in [-0.2, 0) is 20.5 Å². The number of hydrogen-bond donors (Lipinski definition) is 2. The van der Waals surface area contributed by atoms with Crippen LogP contribution in [0.15, 0.2) is 59.2 Å². The Balaban J connectivity index is 1.60. The van der Waals surface area contributed by atoms with Gasteiger partial charge in [-0.1, -0.05) is 35.9 Å². The molecule has 8 heteroatoms. The maximum atomic E-state index is 14.4. The van der Waals surface area contributed by atoms with Crippen LogP contribution in [0.25, 0.3) is 0 Å². The molecule has 7 rings (SSSR count). The van der Waals surface area contributed by atoms with E-state index in [1.165, 1.54) is 6.26 Å². The van der Waals surface area contributed by atoms with E-state index in [0.29, 0.717) is 34.9 Å². The number of para-hydroxylation sites is 1. The first-order valence-electron chi connectivity index (χ1n) is 11.8. The fourth-order valence-corrected chi connectivity index (χ4v) is 7.45. The highest BCUT2D eigenvalue weighted by Gasteiger charge is 2.79. The van der Waals surface area contributed by atoms with Crippen molar-refractivity contribution in [2.24, 2.45) is 5.92 Å². The van der Waals surface area contributed by atoms with Gasteiger partial charge in [0.15, 0.2) is 5.76 Å². The standard InChI is InChI=1S/C27H22ClN3O4/c1-14-17(28)11-10-16-21(14)30-25(34)27(16)23(22(32)19-8-5-13-35-19)26(20-9-4-12-31(20)27)15-6-2-3-7-18(15)29-24(26)33/h2-3,5-8,10-11,13,20,23H,4,9,12H2,1H3,(H,29,33)(H,30,34)/t20-,23-,26+,27+/m0/s1. The van der Waals surface area contributed by atoms with E-state index in [9.17, 15) is 14.4 Å². The van der Waals surface area contributed by atoms with Gasteiger partial charge in [0, 0.05) is 22.3 Å². The number of hydrogen-bond acceptors (Lipinski definition) is 5. The number of benzene rings is 2. The van der Waals surface area contributed by atoms with Crippen molar-refractivity contribution in [3.05, 3.63) is 82.3 Å². The summed E-state index contributed by atoms with van der Waals surface area (Å²) >= 11 is 6.43. The van der Waals surface area contributed by atoms with E-state index in [4.69, 9.17) is 16.0 Å². The zero-order valence-electron chi connectivity index (χ0n) is 18.9. The van der Waals surface area contributed by atoms with Crippen LogP contribution < -0.4 is 10.6 Å². The normalized spacial score (nSPS) is 30.5. The highest BCUT2D eigenvalue weighted by atomic mass is 35.5. The number of nitrogens with zero attached hydrogens (tertiary/aromatic N) is 1. The van der Waals surface area contributed by atoms with Crippen LogP contribution in [0.3, 0.4) is 0 Å². The molecule has 35 heavy (non-hydrogen) atoms. The molecular weight excluding hydrogens is 466 g/mol. The van der Waals surface area contributed by atoms with Gasteiger partial charge in [-0.25, -0.2) is 0 Å². The molecule has 0 radical (unpaired) electrons. The molecule has 0 bridgehead atoms. The summed E-state index contributed by atoms with van der Waals surface area (Å²) in [6.07, 6.45) is 2.96. The summed E-state index contributed by atoms with van der Waals surface area (Å²) in [5.41, 5.74) is 0.879. The molecule has 2 spiro atoms. The number of fused-ring (bicyclic) bond motifs is 7. The summed E-state index contributed by atoms with van der Waals surface area (Å²) in [5.74, 6) is -1.80. The third-order valence-corrected chi connectivity index (χ3v) is 8.93. The summed E-state index contributed by atoms with van der Waals surface area (Å²) in [5, 5.41) is 6.62. The van der Waals surface area contributed by atoms with Crippen LogP contribution in [0.4, 0.5) is 11.4 Å². The fourth-order valence-electron chi connectivity index (χ4n) is 7.29. The number of rotatable bonds is 2. The molecule has 2 fully saturated rings. The molecule has 4 atom stereocenters. The Morgan fingerprint density at radius 2 is 1.89 bits per heavy atom. The molecule has 0 aliphatic carbocycles. The van der Waals surface area contributed by atoms with Crippen LogP contribution in [0.2, 0.25) is 5.02 Å². The topological polar surface area (TPSA) is 91.6 Å². The number of amides is 2. The first-order chi connectivity index (χ1) is 16.9. The third kappa shape index (κ3) is 2.24. The van der Waals surface area contributed by atoms with Crippen molar-refractivity contribution >= 4 is 40.6 Å². The van der Waals surface area contributed by atoms with Gasteiger partial charge in [0.25, 0.3) is 0 Å². The van der Waals surface area contributed by atoms with E-state index in [1.807, 2.05) is 37.3 Å². The number of carbonyl (C=O) groups is 3. The summed E-state index contributed by atoms with van der Waals surface area (Å²) in [6, 6.07) is 14.0. The van der Waals surface area contributed by atoms with Crippen molar-refractivity contribution < 1.29 is 18.8 Å². The van der Waals surface area contributed by atoms with Crippen LogP contribution in [0.5, 0.6) is 0 Å². The molecule has 4 aliphatic heterocycles. The Morgan fingerprint density at radius 1 is 1.06 bits per heavy atom. The van der Waals surface area contributed by atoms with Crippen molar-refractivity contribution in [1.82, 2.24) is 4.90 Å². The molecule has 2 N–H and O–H groups in total. The molecule has 2 amide bonds. The van der Waals surface area contributed by atoms with Crippen molar-refractivity contribution in [1.29, 1.82) is 0 Å². The van der Waals surface area contributed by atoms with E-state index in [2.05, 4.69) is 15.5 Å². The SMILES string of the molecule is Cc1c(Cl)ccc2c1NC(=O)[C@]21[C@@H](C(=O)c2ccco2)[C@]2(C(=O)Nc3ccccc32)[C@@H]2CCCN21. The van der Waals surface area contributed by atoms with Crippen LogP contribution >= 0.6 is 11.6 Å². The van der Waals surface area contributed by atoms with Crippen molar-refractivity contribution in [3.8, 4) is 0 Å². The van der Waals surface area contributed by atoms with Crippen molar-refractivity contribution in [2.75, 3.05) is 17.2 Å². The van der Waals surface area contributed by atoms with Crippen molar-refractivity contribution in [3.63, 3.8) is 0 Å². The van der Waals surface area contributed by atoms with E-state index in [1.54, 1.807) is 18.2 Å². The number of carbonyl (C=O) groups excluding carboxylic acids is 3. The lowest BCUT2D eigenvalue weighted by Crippen LogP contribution is -2.55. The number of ketones is 1. The molecule has 3 aromatic rings. The quantitative estimate of drug-likeness (QED) is 0.527. The average molecular weight is 488 g/mol. The zero-order valence-corrected chi connectivity index (χ0v) is 19.7. The first kappa shape index (κ1) is 20.9. The summed E-state index contributed by atoms with van der Waals surface area (Å²) in [4.78, 5) is 44.8. The number of Topliss-reactive ketones (excluding diaryl/α,β-unsaturated/α-hetero) is 1. The van der Waals surface area contributed by atoms with Crippen LogP contribution in [0, 0.1) is 12.8 Å². The molecule has 2 aromatic carbocycles. The smallest absolute Gasteiger partial charge is 0.250 e. The van der Waals surface area contributed by atoms with E-state index in [-0.39, 0.29) is 29.4 Å². The summed E-state index contributed by atoms with van der Waals surface area (Å²) < 4.78 is 5.57. The fraction of sp³-hybridized carbons (Fsp3) is 0.296. The highest BCUT2D eigenvalue weighted by molar-refractivity contribution is 6.32. The van der Waals surface area contributed by atoms with Crippen molar-refractivity contribution in [2.45, 2.75) is 36.8 Å². The van der Waals surface area contributed by atoms with Gasteiger partial charge in [-0.15, -0.1) is 0 Å². The Bertz CT molecular complexity index is 1450. The molecule has 0 saturated carbocycles. The minimum atomic E-state index is -1.37. The molecule has 176 valence electrons.